The molecule has 2 N–H and O–H groups in total. The molecule has 2 aromatic rings. The summed E-state index contributed by atoms with van der Waals surface area (Å²) in [6.07, 6.45) is 0.633. The minimum atomic E-state index is -0.265. The van der Waals surface area contributed by atoms with E-state index in [-0.39, 0.29) is 36.6 Å². The minimum Gasteiger partial charge on any atom is -0.467 e. The second kappa shape index (κ2) is 11.3. The van der Waals surface area contributed by atoms with Crippen molar-refractivity contribution < 1.29 is 13.9 Å². The topological polar surface area (TPSA) is 54.9 Å². The average molecular weight is 513 g/mol. The van der Waals surface area contributed by atoms with E-state index in [4.69, 9.17) is 9.47 Å². The summed E-state index contributed by atoms with van der Waals surface area (Å²) >= 11 is 0. The Kier molecular flexibility index (Phi) is 9.16. The van der Waals surface area contributed by atoms with E-state index in [1.165, 1.54) is 28.8 Å². The molecule has 0 aromatic heterocycles. The molecule has 5 nitrogen and oxygen atoms in total. The zero-order valence-electron chi connectivity index (χ0n) is 17.2. The van der Waals surface area contributed by atoms with E-state index in [0.29, 0.717) is 26.1 Å². The van der Waals surface area contributed by atoms with Gasteiger partial charge in [0.25, 0.3) is 0 Å². The van der Waals surface area contributed by atoms with Gasteiger partial charge in [0.1, 0.15) is 11.6 Å². The maximum atomic E-state index is 13.9. The molecule has 0 fully saturated rings. The molecule has 1 aliphatic heterocycles. The van der Waals surface area contributed by atoms with Crippen LogP contribution in [0.15, 0.2) is 35.3 Å². The van der Waals surface area contributed by atoms with Crippen LogP contribution >= 0.6 is 24.0 Å². The third-order valence-corrected chi connectivity index (χ3v) is 4.69. The van der Waals surface area contributed by atoms with Gasteiger partial charge in [-0.25, -0.2) is 9.38 Å². The van der Waals surface area contributed by atoms with Crippen LogP contribution in [0.4, 0.5) is 4.39 Å². The summed E-state index contributed by atoms with van der Waals surface area (Å²) in [5.41, 5.74) is 5.30. The lowest BCUT2D eigenvalue weighted by atomic mass is 10.1. The van der Waals surface area contributed by atoms with Gasteiger partial charge in [0, 0.05) is 18.7 Å². The summed E-state index contributed by atoms with van der Waals surface area (Å²) in [4.78, 5) is 4.68. The molecule has 0 saturated heterocycles. The Bertz CT molecular complexity index is 858. The molecule has 1 aliphatic rings. The number of nitrogens with one attached hydrogen (secondary N) is 2. The monoisotopic (exact) mass is 513 g/mol. The van der Waals surface area contributed by atoms with E-state index in [0.717, 1.165) is 29.4 Å². The fourth-order valence-corrected chi connectivity index (χ4v) is 3.29. The SMILES string of the molecule is CCNC(=NCc1ccc(C)cc1C)NCCc1cc(F)cc2c1OCOC2.I. The number of rotatable bonds is 6. The number of benzene rings is 2. The van der Waals surface area contributed by atoms with Crippen LogP contribution in [-0.2, 0) is 24.3 Å². The number of nitrogens with zero attached hydrogens (tertiary/aromatic N) is 1. The molecule has 7 heteroatoms. The first kappa shape index (κ1) is 23.4. The van der Waals surface area contributed by atoms with Crippen molar-refractivity contribution in [2.75, 3.05) is 19.9 Å². The highest BCUT2D eigenvalue weighted by Gasteiger charge is 2.16. The van der Waals surface area contributed by atoms with Crippen molar-refractivity contribution in [2.45, 2.75) is 40.3 Å². The van der Waals surface area contributed by atoms with E-state index >= 15 is 0 Å². The van der Waals surface area contributed by atoms with Crippen LogP contribution in [0, 0.1) is 19.7 Å². The summed E-state index contributed by atoms with van der Waals surface area (Å²) in [7, 11) is 0. The lowest BCUT2D eigenvalue weighted by Gasteiger charge is -2.21. The van der Waals surface area contributed by atoms with Gasteiger partial charge >= 0.3 is 0 Å². The predicted molar refractivity (Wildman–Crippen MR) is 125 cm³/mol. The van der Waals surface area contributed by atoms with Crippen molar-refractivity contribution in [1.82, 2.24) is 10.6 Å². The van der Waals surface area contributed by atoms with Gasteiger partial charge in [0.15, 0.2) is 12.8 Å². The molecule has 0 spiro atoms. The van der Waals surface area contributed by atoms with Gasteiger partial charge in [-0.05, 0) is 56.0 Å². The van der Waals surface area contributed by atoms with Gasteiger partial charge in [-0.1, -0.05) is 23.8 Å². The van der Waals surface area contributed by atoms with Crippen LogP contribution in [0.1, 0.15) is 34.7 Å². The standard InChI is InChI=1S/C22H28FN3O2.HI/c1-4-24-22(26-12-18-6-5-15(2)9-16(18)3)25-8-7-17-10-20(23)11-19-13-27-14-28-21(17)19;/h5-6,9-11H,4,7-8,12-14H2,1-3H3,(H2,24,25,26);1H. The van der Waals surface area contributed by atoms with Crippen molar-refractivity contribution >= 4 is 29.9 Å². The van der Waals surface area contributed by atoms with Crippen molar-refractivity contribution in [3.05, 3.63) is 64.0 Å². The Morgan fingerprint density at radius 1 is 1.14 bits per heavy atom. The lowest BCUT2D eigenvalue weighted by molar-refractivity contribution is -0.0172. The summed E-state index contributed by atoms with van der Waals surface area (Å²) < 4.78 is 24.7. The van der Waals surface area contributed by atoms with Gasteiger partial charge < -0.3 is 20.1 Å². The molecule has 0 unspecified atom stereocenters. The number of aliphatic imine (C=N–C) groups is 1. The van der Waals surface area contributed by atoms with Gasteiger partial charge in [-0.3, -0.25) is 0 Å². The highest BCUT2D eigenvalue weighted by atomic mass is 127. The zero-order chi connectivity index (χ0) is 19.9. The molecular formula is C22H29FIN3O2. The smallest absolute Gasteiger partial charge is 0.191 e. The van der Waals surface area contributed by atoms with Crippen LogP contribution in [0.25, 0.3) is 0 Å². The molecule has 0 radical (unpaired) electrons. The molecule has 0 saturated carbocycles. The fraction of sp³-hybridized carbons (Fsp3) is 0.409. The second-order valence-electron chi connectivity index (χ2n) is 6.97. The summed E-state index contributed by atoms with van der Waals surface area (Å²) in [6, 6.07) is 9.40. The molecule has 3 rings (SSSR count). The van der Waals surface area contributed by atoms with Gasteiger partial charge in [-0.15, -0.1) is 24.0 Å². The van der Waals surface area contributed by atoms with Crippen molar-refractivity contribution in [1.29, 1.82) is 0 Å². The van der Waals surface area contributed by atoms with Crippen molar-refractivity contribution in [2.24, 2.45) is 4.99 Å². The Labute approximate surface area is 189 Å². The van der Waals surface area contributed by atoms with Crippen LogP contribution in [-0.4, -0.2) is 25.8 Å². The van der Waals surface area contributed by atoms with Gasteiger partial charge in [0.05, 0.1) is 13.2 Å². The molecule has 2 aromatic carbocycles. The molecular weight excluding hydrogens is 484 g/mol. The number of aryl methyl sites for hydroxylation is 2. The number of hydrogen-bond donors (Lipinski definition) is 2. The average Bonchev–Trinajstić information content (AvgIpc) is 2.67. The van der Waals surface area contributed by atoms with Gasteiger partial charge in [0.2, 0.25) is 0 Å². The maximum Gasteiger partial charge on any atom is 0.191 e. The van der Waals surface area contributed by atoms with Crippen LogP contribution in [0.5, 0.6) is 5.75 Å². The van der Waals surface area contributed by atoms with E-state index in [9.17, 15) is 4.39 Å². The van der Waals surface area contributed by atoms with E-state index in [2.05, 4.69) is 47.7 Å². The molecule has 0 amide bonds. The summed E-state index contributed by atoms with van der Waals surface area (Å²) in [5, 5.41) is 6.58. The Balaban J connectivity index is 0.00000300. The lowest BCUT2D eigenvalue weighted by Crippen LogP contribution is -2.38. The molecule has 29 heavy (non-hydrogen) atoms. The third kappa shape index (κ3) is 6.57. The largest absolute Gasteiger partial charge is 0.467 e. The molecule has 0 bridgehead atoms. The predicted octanol–water partition coefficient (Wildman–Crippen LogP) is 4.22. The van der Waals surface area contributed by atoms with Gasteiger partial charge in [-0.2, -0.15) is 0 Å². The van der Waals surface area contributed by atoms with Crippen LogP contribution in [0.2, 0.25) is 0 Å². The van der Waals surface area contributed by atoms with E-state index in [1.807, 2.05) is 6.92 Å². The fourth-order valence-electron chi connectivity index (χ4n) is 3.29. The van der Waals surface area contributed by atoms with E-state index < -0.39 is 0 Å². The highest BCUT2D eigenvalue weighted by Crippen LogP contribution is 2.29. The number of halogens is 2. The first-order valence-electron chi connectivity index (χ1n) is 9.67. The molecule has 0 aliphatic carbocycles. The Morgan fingerprint density at radius 2 is 1.97 bits per heavy atom. The van der Waals surface area contributed by atoms with Crippen molar-refractivity contribution in [3.63, 3.8) is 0 Å². The number of fused-ring (bicyclic) bond motifs is 1. The van der Waals surface area contributed by atoms with Crippen LogP contribution in [0.3, 0.4) is 0 Å². The normalized spacial score (nSPS) is 13.2. The molecule has 0 atom stereocenters. The number of guanidine groups is 1. The quantitative estimate of drug-likeness (QED) is 0.345. The summed E-state index contributed by atoms with van der Waals surface area (Å²) in [5.74, 6) is 1.22. The minimum absolute atomic E-state index is 0. The third-order valence-electron chi connectivity index (χ3n) is 4.69. The molecule has 1 heterocycles. The maximum absolute atomic E-state index is 13.9. The number of hydrogen-bond acceptors (Lipinski definition) is 3. The highest BCUT2D eigenvalue weighted by molar-refractivity contribution is 14.0. The van der Waals surface area contributed by atoms with E-state index in [1.54, 1.807) is 0 Å². The summed E-state index contributed by atoms with van der Waals surface area (Å²) in [6.45, 7) is 8.82. The number of ether oxygens (including phenoxy) is 2. The zero-order valence-corrected chi connectivity index (χ0v) is 19.5. The Hall–Kier alpha value is -1.87. The van der Waals surface area contributed by atoms with Crippen LogP contribution < -0.4 is 15.4 Å². The molecule has 158 valence electrons. The first-order valence-corrected chi connectivity index (χ1v) is 9.67. The van der Waals surface area contributed by atoms with Crippen molar-refractivity contribution in [3.8, 4) is 5.75 Å². The Morgan fingerprint density at radius 3 is 2.72 bits per heavy atom. The second-order valence-corrected chi connectivity index (χ2v) is 6.97. The first-order chi connectivity index (χ1) is 13.6.